The second-order valence-corrected chi connectivity index (χ2v) is 2.55. The van der Waals surface area contributed by atoms with Crippen molar-refractivity contribution in [3.8, 4) is 5.75 Å². The minimum absolute atomic E-state index is 0.0509. The lowest BCUT2D eigenvalue weighted by atomic mass is 10.2. The Labute approximate surface area is 63.9 Å². The van der Waals surface area contributed by atoms with Crippen molar-refractivity contribution in [2.75, 3.05) is 0 Å². The smallest absolute Gasteiger partial charge is 0.128 e. The molecule has 0 saturated heterocycles. The first-order chi connectivity index (χ1) is 4.61. The molecule has 0 heterocycles. The predicted octanol–water partition coefficient (Wildman–Crippen LogP) is 2.13. The number of rotatable bonds is 0. The molecule has 0 aliphatic heterocycles. The first-order valence-corrected chi connectivity index (χ1v) is 3.24. The zero-order valence-corrected chi connectivity index (χ0v) is 6.32. The van der Waals surface area contributed by atoms with E-state index in [0.29, 0.717) is 10.5 Å². The topological polar surface area (TPSA) is 20.2 Å². The molecule has 0 radical (unpaired) electrons. The standard InChI is InChI=1S/C7H7FOS/c1-4-6(9)2-5(8)3-7(4)10/h2-3,9-10H,1H3. The molecule has 0 fully saturated rings. The van der Waals surface area contributed by atoms with Crippen LogP contribution in [0.3, 0.4) is 0 Å². The highest BCUT2D eigenvalue weighted by Gasteiger charge is 2.01. The van der Waals surface area contributed by atoms with Crippen molar-refractivity contribution in [3.63, 3.8) is 0 Å². The van der Waals surface area contributed by atoms with E-state index >= 15 is 0 Å². The molecule has 0 atom stereocenters. The van der Waals surface area contributed by atoms with E-state index in [1.807, 2.05) is 0 Å². The third-order valence-corrected chi connectivity index (χ3v) is 1.78. The molecule has 10 heavy (non-hydrogen) atoms. The zero-order valence-electron chi connectivity index (χ0n) is 5.43. The zero-order chi connectivity index (χ0) is 7.72. The molecule has 54 valence electrons. The fourth-order valence-electron chi connectivity index (χ4n) is 0.651. The van der Waals surface area contributed by atoms with Gasteiger partial charge in [0.25, 0.3) is 0 Å². The first-order valence-electron chi connectivity index (χ1n) is 2.79. The fourth-order valence-corrected chi connectivity index (χ4v) is 0.888. The summed E-state index contributed by atoms with van der Waals surface area (Å²) in [6.07, 6.45) is 0. The second-order valence-electron chi connectivity index (χ2n) is 2.07. The Bertz CT molecular complexity index is 237. The third kappa shape index (κ3) is 1.24. The molecule has 1 nitrogen and oxygen atoms in total. The van der Waals surface area contributed by atoms with Crippen LogP contribution in [0.25, 0.3) is 0 Å². The molecular weight excluding hydrogens is 151 g/mol. The van der Waals surface area contributed by atoms with Crippen LogP contribution in [0.4, 0.5) is 4.39 Å². The van der Waals surface area contributed by atoms with Gasteiger partial charge in [0, 0.05) is 16.5 Å². The van der Waals surface area contributed by atoms with Crippen LogP contribution in [0, 0.1) is 12.7 Å². The number of phenolic OH excluding ortho intramolecular Hbond substituents is 1. The molecule has 1 rings (SSSR count). The number of benzene rings is 1. The summed E-state index contributed by atoms with van der Waals surface area (Å²) in [5.41, 5.74) is 0.602. The Hall–Kier alpha value is -0.700. The number of hydrogen-bond acceptors (Lipinski definition) is 2. The molecule has 0 aromatic heterocycles. The van der Waals surface area contributed by atoms with Gasteiger partial charge in [0.1, 0.15) is 11.6 Å². The van der Waals surface area contributed by atoms with Gasteiger partial charge in [-0.25, -0.2) is 4.39 Å². The van der Waals surface area contributed by atoms with Crippen LogP contribution in [0.1, 0.15) is 5.56 Å². The van der Waals surface area contributed by atoms with E-state index in [1.165, 1.54) is 6.07 Å². The van der Waals surface area contributed by atoms with Gasteiger partial charge in [0.05, 0.1) is 0 Å². The van der Waals surface area contributed by atoms with Gasteiger partial charge in [-0.15, -0.1) is 12.6 Å². The Kier molecular flexibility index (Phi) is 1.85. The summed E-state index contributed by atoms with van der Waals surface area (Å²) >= 11 is 3.94. The molecule has 0 amide bonds. The van der Waals surface area contributed by atoms with Crippen LogP contribution in [-0.2, 0) is 0 Å². The van der Waals surface area contributed by atoms with Crippen molar-refractivity contribution in [1.29, 1.82) is 0 Å². The minimum Gasteiger partial charge on any atom is -0.508 e. The highest BCUT2D eigenvalue weighted by Crippen LogP contribution is 2.23. The normalized spacial score (nSPS) is 9.90. The number of aromatic hydroxyl groups is 1. The highest BCUT2D eigenvalue weighted by molar-refractivity contribution is 7.80. The summed E-state index contributed by atoms with van der Waals surface area (Å²) in [5.74, 6) is -0.516. The van der Waals surface area contributed by atoms with E-state index in [-0.39, 0.29) is 5.75 Å². The number of phenols is 1. The summed E-state index contributed by atoms with van der Waals surface area (Å²) in [6.45, 7) is 1.68. The third-order valence-electron chi connectivity index (χ3n) is 1.32. The average molecular weight is 158 g/mol. The SMILES string of the molecule is Cc1c(O)cc(F)cc1S. The Morgan fingerprint density at radius 1 is 1.50 bits per heavy atom. The number of hydrogen-bond donors (Lipinski definition) is 2. The van der Waals surface area contributed by atoms with Crippen LogP contribution >= 0.6 is 12.6 Å². The molecule has 1 N–H and O–H groups in total. The monoisotopic (exact) mass is 158 g/mol. The largest absolute Gasteiger partial charge is 0.508 e. The van der Waals surface area contributed by atoms with Gasteiger partial charge in [0.2, 0.25) is 0 Å². The van der Waals surface area contributed by atoms with Gasteiger partial charge < -0.3 is 5.11 Å². The van der Waals surface area contributed by atoms with Crippen LogP contribution in [0.5, 0.6) is 5.75 Å². The van der Waals surface area contributed by atoms with E-state index in [9.17, 15) is 4.39 Å². The van der Waals surface area contributed by atoms with E-state index in [4.69, 9.17) is 5.11 Å². The molecule has 0 aliphatic rings. The molecule has 3 heteroatoms. The van der Waals surface area contributed by atoms with Gasteiger partial charge in [-0.1, -0.05) is 0 Å². The quantitative estimate of drug-likeness (QED) is 0.554. The molecule has 0 aliphatic carbocycles. The number of halogens is 1. The van der Waals surface area contributed by atoms with Gasteiger partial charge in [0.15, 0.2) is 0 Å². The Morgan fingerprint density at radius 2 is 2.10 bits per heavy atom. The molecular formula is C7H7FOS. The van der Waals surface area contributed by atoms with E-state index in [0.717, 1.165) is 6.07 Å². The Morgan fingerprint density at radius 3 is 2.60 bits per heavy atom. The van der Waals surface area contributed by atoms with Gasteiger partial charge in [-0.05, 0) is 13.0 Å². The average Bonchev–Trinajstić information content (AvgIpc) is 1.82. The summed E-state index contributed by atoms with van der Waals surface area (Å²) < 4.78 is 12.4. The summed E-state index contributed by atoms with van der Waals surface area (Å²) in [5, 5.41) is 8.99. The lowest BCUT2D eigenvalue weighted by molar-refractivity contribution is 0.462. The van der Waals surface area contributed by atoms with Crippen molar-refractivity contribution in [2.45, 2.75) is 11.8 Å². The van der Waals surface area contributed by atoms with E-state index in [2.05, 4.69) is 12.6 Å². The van der Waals surface area contributed by atoms with Crippen molar-refractivity contribution in [3.05, 3.63) is 23.5 Å². The highest BCUT2D eigenvalue weighted by atomic mass is 32.1. The first kappa shape index (κ1) is 7.41. The van der Waals surface area contributed by atoms with E-state index in [1.54, 1.807) is 6.92 Å². The molecule has 1 aromatic carbocycles. The van der Waals surface area contributed by atoms with Gasteiger partial charge in [-0.2, -0.15) is 0 Å². The van der Waals surface area contributed by atoms with Crippen molar-refractivity contribution >= 4 is 12.6 Å². The maximum absolute atomic E-state index is 12.4. The molecule has 0 unspecified atom stereocenters. The van der Waals surface area contributed by atoms with Crippen LogP contribution < -0.4 is 0 Å². The number of thiol groups is 1. The summed E-state index contributed by atoms with van der Waals surface area (Å²) in [4.78, 5) is 0.470. The molecule has 0 saturated carbocycles. The van der Waals surface area contributed by atoms with Crippen LogP contribution in [-0.4, -0.2) is 5.11 Å². The summed E-state index contributed by atoms with van der Waals surface area (Å²) in [6, 6.07) is 2.33. The molecule has 0 bridgehead atoms. The lowest BCUT2D eigenvalue weighted by Crippen LogP contribution is -1.80. The minimum atomic E-state index is -0.465. The van der Waals surface area contributed by atoms with E-state index < -0.39 is 5.82 Å². The molecule has 1 aromatic rings. The maximum atomic E-state index is 12.4. The second kappa shape index (κ2) is 2.50. The summed E-state index contributed by atoms with van der Waals surface area (Å²) in [7, 11) is 0. The fraction of sp³-hybridized carbons (Fsp3) is 0.143. The van der Waals surface area contributed by atoms with Crippen molar-refractivity contribution < 1.29 is 9.50 Å². The lowest BCUT2D eigenvalue weighted by Gasteiger charge is -2.00. The molecule has 0 spiro atoms. The van der Waals surface area contributed by atoms with Gasteiger partial charge in [-0.3, -0.25) is 0 Å². The predicted molar refractivity (Wildman–Crippen MR) is 40.1 cm³/mol. The van der Waals surface area contributed by atoms with Crippen molar-refractivity contribution in [1.82, 2.24) is 0 Å². The van der Waals surface area contributed by atoms with Gasteiger partial charge >= 0.3 is 0 Å². The van der Waals surface area contributed by atoms with Crippen molar-refractivity contribution in [2.24, 2.45) is 0 Å². The van der Waals surface area contributed by atoms with Crippen LogP contribution in [0.15, 0.2) is 17.0 Å². The maximum Gasteiger partial charge on any atom is 0.128 e. The Balaban J connectivity index is 3.31. The van der Waals surface area contributed by atoms with Crippen LogP contribution in [0.2, 0.25) is 0 Å².